The lowest BCUT2D eigenvalue weighted by molar-refractivity contribution is 0.325. The van der Waals surface area contributed by atoms with Gasteiger partial charge in [-0.3, -0.25) is 0 Å². The summed E-state index contributed by atoms with van der Waals surface area (Å²) in [6.07, 6.45) is 3.52. The molecule has 1 aromatic rings. The van der Waals surface area contributed by atoms with E-state index in [0.717, 1.165) is 18.9 Å². The van der Waals surface area contributed by atoms with Crippen LogP contribution in [0.25, 0.3) is 0 Å². The van der Waals surface area contributed by atoms with Gasteiger partial charge in [0.15, 0.2) is 0 Å². The molecule has 0 amide bonds. The number of aromatic nitrogens is 2. The Bertz CT molecular complexity index is 338. The summed E-state index contributed by atoms with van der Waals surface area (Å²) in [4.78, 5) is 6.43. The van der Waals surface area contributed by atoms with Crippen LogP contribution in [0.5, 0.6) is 0 Å². The third kappa shape index (κ3) is 2.04. The second-order valence-corrected chi connectivity index (χ2v) is 4.48. The third-order valence-electron chi connectivity index (χ3n) is 3.53. The zero-order valence-corrected chi connectivity index (χ0v) is 10.0. The first kappa shape index (κ1) is 11.4. The smallest absolute Gasteiger partial charge is 0.265 e. The summed E-state index contributed by atoms with van der Waals surface area (Å²) in [7, 11) is 1.96. The molecule has 16 heavy (non-hydrogen) atoms. The summed E-state index contributed by atoms with van der Waals surface area (Å²) >= 11 is 0. The van der Waals surface area contributed by atoms with Crippen molar-refractivity contribution in [2.45, 2.75) is 32.1 Å². The number of hydrogen-bond donors (Lipinski definition) is 1. The number of nitrogens with zero attached hydrogens (tertiary/aromatic N) is 3. The second kappa shape index (κ2) is 4.82. The number of anilines is 1. The van der Waals surface area contributed by atoms with Crippen molar-refractivity contribution in [1.82, 2.24) is 10.1 Å². The SMILES string of the molecule is CCN(C)c1noc(C2CCCC2CN)n1. The van der Waals surface area contributed by atoms with Crippen LogP contribution in [-0.4, -0.2) is 30.3 Å². The molecule has 90 valence electrons. The fourth-order valence-electron chi connectivity index (χ4n) is 2.32. The first-order valence-electron chi connectivity index (χ1n) is 6.01. The Labute approximate surface area is 96.0 Å². The monoisotopic (exact) mass is 224 g/mol. The van der Waals surface area contributed by atoms with Crippen LogP contribution in [0.4, 0.5) is 5.95 Å². The van der Waals surface area contributed by atoms with Gasteiger partial charge in [-0.2, -0.15) is 4.98 Å². The van der Waals surface area contributed by atoms with Crippen molar-refractivity contribution in [2.75, 3.05) is 25.0 Å². The molecule has 1 aliphatic rings. The van der Waals surface area contributed by atoms with Gasteiger partial charge in [0.2, 0.25) is 5.89 Å². The molecule has 1 aromatic heterocycles. The van der Waals surface area contributed by atoms with E-state index in [4.69, 9.17) is 10.3 Å². The zero-order chi connectivity index (χ0) is 11.5. The molecule has 0 radical (unpaired) electrons. The fourth-order valence-corrected chi connectivity index (χ4v) is 2.32. The first-order chi connectivity index (χ1) is 7.76. The predicted molar refractivity (Wildman–Crippen MR) is 62.4 cm³/mol. The molecule has 2 atom stereocenters. The molecule has 1 fully saturated rings. The van der Waals surface area contributed by atoms with Crippen molar-refractivity contribution in [2.24, 2.45) is 11.7 Å². The standard InChI is InChI=1S/C11H20N4O/c1-3-15(2)11-13-10(16-14-11)9-6-4-5-8(9)7-12/h8-9H,3-7,12H2,1-2H3. The van der Waals surface area contributed by atoms with E-state index in [1.165, 1.54) is 12.8 Å². The second-order valence-electron chi connectivity index (χ2n) is 4.48. The van der Waals surface area contributed by atoms with Gasteiger partial charge in [0.25, 0.3) is 5.95 Å². The van der Waals surface area contributed by atoms with Crippen molar-refractivity contribution in [1.29, 1.82) is 0 Å². The summed E-state index contributed by atoms with van der Waals surface area (Å²) in [6, 6.07) is 0. The molecule has 5 heteroatoms. The molecule has 0 saturated heterocycles. The molecular weight excluding hydrogens is 204 g/mol. The molecule has 2 unspecified atom stereocenters. The van der Waals surface area contributed by atoms with Crippen LogP contribution in [0.1, 0.15) is 38.0 Å². The van der Waals surface area contributed by atoms with E-state index < -0.39 is 0 Å². The minimum absolute atomic E-state index is 0.372. The van der Waals surface area contributed by atoms with Crippen LogP contribution in [0.3, 0.4) is 0 Å². The van der Waals surface area contributed by atoms with Gasteiger partial charge in [0.1, 0.15) is 0 Å². The van der Waals surface area contributed by atoms with E-state index in [-0.39, 0.29) is 0 Å². The highest BCUT2D eigenvalue weighted by atomic mass is 16.5. The Morgan fingerprint density at radius 2 is 2.31 bits per heavy atom. The van der Waals surface area contributed by atoms with Gasteiger partial charge in [0.05, 0.1) is 0 Å². The quantitative estimate of drug-likeness (QED) is 0.836. The van der Waals surface area contributed by atoms with Crippen LogP contribution in [0.2, 0.25) is 0 Å². The van der Waals surface area contributed by atoms with Crippen LogP contribution < -0.4 is 10.6 Å². The minimum atomic E-state index is 0.372. The largest absolute Gasteiger partial charge is 0.342 e. The molecule has 1 aliphatic carbocycles. The molecule has 0 aromatic carbocycles. The summed E-state index contributed by atoms with van der Waals surface area (Å²) in [5.41, 5.74) is 5.75. The molecule has 5 nitrogen and oxygen atoms in total. The van der Waals surface area contributed by atoms with Crippen molar-refractivity contribution in [3.63, 3.8) is 0 Å². The first-order valence-corrected chi connectivity index (χ1v) is 6.01. The van der Waals surface area contributed by atoms with Crippen molar-refractivity contribution >= 4 is 5.95 Å². The van der Waals surface area contributed by atoms with Crippen molar-refractivity contribution in [3.05, 3.63) is 5.89 Å². The highest BCUT2D eigenvalue weighted by Crippen LogP contribution is 2.38. The Kier molecular flexibility index (Phi) is 3.43. The lowest BCUT2D eigenvalue weighted by atomic mass is 9.96. The van der Waals surface area contributed by atoms with E-state index >= 15 is 0 Å². The molecule has 1 saturated carbocycles. The van der Waals surface area contributed by atoms with Crippen LogP contribution >= 0.6 is 0 Å². The Morgan fingerprint density at radius 3 is 3.00 bits per heavy atom. The van der Waals surface area contributed by atoms with Crippen LogP contribution in [0.15, 0.2) is 4.52 Å². The Morgan fingerprint density at radius 1 is 1.50 bits per heavy atom. The molecule has 0 aliphatic heterocycles. The molecular formula is C11H20N4O. The van der Waals surface area contributed by atoms with Gasteiger partial charge >= 0.3 is 0 Å². The van der Waals surface area contributed by atoms with Crippen molar-refractivity contribution in [3.8, 4) is 0 Å². The maximum atomic E-state index is 5.75. The zero-order valence-electron chi connectivity index (χ0n) is 10.0. The normalized spacial score (nSPS) is 24.9. The van der Waals surface area contributed by atoms with Gasteiger partial charge in [-0.25, -0.2) is 0 Å². The molecule has 0 spiro atoms. The Balaban J connectivity index is 2.12. The lowest BCUT2D eigenvalue weighted by Crippen LogP contribution is -2.19. The fraction of sp³-hybridized carbons (Fsp3) is 0.818. The predicted octanol–water partition coefficient (Wildman–Crippen LogP) is 1.37. The summed E-state index contributed by atoms with van der Waals surface area (Å²) in [5.74, 6) is 2.33. The molecule has 2 N–H and O–H groups in total. The van der Waals surface area contributed by atoms with E-state index in [1.807, 2.05) is 11.9 Å². The van der Waals surface area contributed by atoms with E-state index in [0.29, 0.717) is 24.3 Å². The summed E-state index contributed by atoms with van der Waals surface area (Å²) < 4.78 is 5.35. The molecule has 2 rings (SSSR count). The van der Waals surface area contributed by atoms with E-state index in [2.05, 4.69) is 17.1 Å². The lowest BCUT2D eigenvalue weighted by Gasteiger charge is -2.13. The summed E-state index contributed by atoms with van der Waals surface area (Å²) in [6.45, 7) is 3.66. The highest BCUT2D eigenvalue weighted by molar-refractivity contribution is 5.26. The Hall–Kier alpha value is -1.10. The average molecular weight is 224 g/mol. The summed E-state index contributed by atoms with van der Waals surface area (Å²) in [5, 5.41) is 4.00. The maximum Gasteiger partial charge on any atom is 0.265 e. The van der Waals surface area contributed by atoms with Gasteiger partial charge in [0, 0.05) is 19.5 Å². The van der Waals surface area contributed by atoms with Crippen molar-refractivity contribution < 1.29 is 4.52 Å². The average Bonchev–Trinajstić information content (AvgIpc) is 2.95. The van der Waals surface area contributed by atoms with Gasteiger partial charge in [-0.15, -0.1) is 0 Å². The van der Waals surface area contributed by atoms with E-state index in [9.17, 15) is 0 Å². The van der Waals surface area contributed by atoms with E-state index in [1.54, 1.807) is 0 Å². The number of hydrogen-bond acceptors (Lipinski definition) is 5. The topological polar surface area (TPSA) is 68.2 Å². The third-order valence-corrected chi connectivity index (χ3v) is 3.53. The van der Waals surface area contributed by atoms with Gasteiger partial charge in [-0.05, 0) is 37.4 Å². The molecule has 0 bridgehead atoms. The molecule has 1 heterocycles. The maximum absolute atomic E-state index is 5.75. The van der Waals surface area contributed by atoms with Gasteiger partial charge < -0.3 is 15.2 Å². The number of nitrogens with two attached hydrogens (primary N) is 1. The van der Waals surface area contributed by atoms with Crippen LogP contribution in [-0.2, 0) is 0 Å². The highest BCUT2D eigenvalue weighted by Gasteiger charge is 2.32. The number of rotatable bonds is 4. The minimum Gasteiger partial charge on any atom is -0.342 e. The van der Waals surface area contributed by atoms with Gasteiger partial charge in [-0.1, -0.05) is 6.42 Å². The van der Waals surface area contributed by atoms with Crippen LogP contribution in [0, 0.1) is 5.92 Å².